The van der Waals surface area contributed by atoms with Crippen LogP contribution in [0.5, 0.6) is 0 Å². The van der Waals surface area contributed by atoms with E-state index in [0.717, 1.165) is 34.2 Å². The molecular weight excluding hydrogens is 360 g/mol. The Morgan fingerprint density at radius 2 is 1.59 bits per heavy atom. The molecule has 2 rings (SSSR count). The van der Waals surface area contributed by atoms with Gasteiger partial charge in [0.1, 0.15) is 6.04 Å². The van der Waals surface area contributed by atoms with Crippen LogP contribution in [0.25, 0.3) is 0 Å². The summed E-state index contributed by atoms with van der Waals surface area (Å²) in [7, 11) is 0. The first-order valence-corrected chi connectivity index (χ1v) is 10.5. The fourth-order valence-corrected chi connectivity index (χ4v) is 3.74. The molecule has 0 saturated heterocycles. The van der Waals surface area contributed by atoms with Crippen molar-refractivity contribution in [1.82, 2.24) is 10.2 Å². The smallest absolute Gasteiger partial charge is 0.242 e. The maximum absolute atomic E-state index is 13.3. The number of carbonyl (C=O) groups is 2. The van der Waals surface area contributed by atoms with Gasteiger partial charge in [0.05, 0.1) is 6.42 Å². The van der Waals surface area contributed by atoms with Crippen molar-refractivity contribution in [3.8, 4) is 0 Å². The maximum Gasteiger partial charge on any atom is 0.242 e. The Bertz CT molecular complexity index is 824. The van der Waals surface area contributed by atoms with Crippen molar-refractivity contribution in [2.45, 2.75) is 66.5 Å². The predicted molar refractivity (Wildman–Crippen MR) is 119 cm³/mol. The van der Waals surface area contributed by atoms with E-state index in [9.17, 15) is 9.59 Å². The molecule has 1 N–H and O–H groups in total. The normalized spacial score (nSPS) is 11.8. The average molecular weight is 395 g/mol. The van der Waals surface area contributed by atoms with Gasteiger partial charge in [0.25, 0.3) is 0 Å². The van der Waals surface area contributed by atoms with Crippen molar-refractivity contribution in [1.29, 1.82) is 0 Å². The number of benzene rings is 2. The van der Waals surface area contributed by atoms with Crippen LogP contribution in [0.2, 0.25) is 0 Å². The Kier molecular flexibility index (Phi) is 8.44. The first-order chi connectivity index (χ1) is 13.8. The molecule has 1 unspecified atom stereocenters. The molecule has 0 aliphatic heterocycles. The zero-order valence-corrected chi connectivity index (χ0v) is 18.4. The first kappa shape index (κ1) is 22.7. The van der Waals surface area contributed by atoms with Gasteiger partial charge in [-0.15, -0.1) is 0 Å². The number of nitrogens with zero attached hydrogens (tertiary/aromatic N) is 1. The fourth-order valence-electron chi connectivity index (χ4n) is 3.74. The van der Waals surface area contributed by atoms with Crippen LogP contribution < -0.4 is 5.32 Å². The second kappa shape index (κ2) is 10.8. The van der Waals surface area contributed by atoms with Crippen molar-refractivity contribution in [3.63, 3.8) is 0 Å². The number of aryl methyl sites for hydroxylation is 3. The molecule has 156 valence electrons. The van der Waals surface area contributed by atoms with E-state index in [1.54, 1.807) is 4.90 Å². The summed E-state index contributed by atoms with van der Waals surface area (Å²) in [5.41, 5.74) is 5.47. The average Bonchev–Trinajstić information content (AvgIpc) is 2.65. The van der Waals surface area contributed by atoms with Crippen LogP contribution in [0.15, 0.2) is 42.5 Å². The highest BCUT2D eigenvalue weighted by Gasteiger charge is 2.28. The summed E-state index contributed by atoms with van der Waals surface area (Å²) < 4.78 is 0. The lowest BCUT2D eigenvalue weighted by molar-refractivity contribution is -0.140. The minimum atomic E-state index is -0.472. The molecule has 4 nitrogen and oxygen atoms in total. The quantitative estimate of drug-likeness (QED) is 0.681. The fraction of sp³-hybridized carbons (Fsp3) is 0.440. The Hall–Kier alpha value is -2.62. The molecule has 0 bridgehead atoms. The number of hydrogen-bond acceptors (Lipinski definition) is 2. The molecule has 29 heavy (non-hydrogen) atoms. The number of hydrogen-bond donors (Lipinski definition) is 1. The molecule has 1 atom stereocenters. The Morgan fingerprint density at radius 1 is 0.931 bits per heavy atom. The zero-order chi connectivity index (χ0) is 21.4. The molecule has 4 heteroatoms. The van der Waals surface area contributed by atoms with E-state index in [4.69, 9.17) is 0 Å². The molecule has 0 aromatic heterocycles. The van der Waals surface area contributed by atoms with Gasteiger partial charge in [-0.3, -0.25) is 9.59 Å². The van der Waals surface area contributed by atoms with Crippen molar-refractivity contribution >= 4 is 11.8 Å². The lowest BCUT2D eigenvalue weighted by Gasteiger charge is -2.31. The summed E-state index contributed by atoms with van der Waals surface area (Å²) in [6.07, 6.45) is 1.75. The van der Waals surface area contributed by atoms with Crippen LogP contribution in [-0.4, -0.2) is 29.3 Å². The topological polar surface area (TPSA) is 49.4 Å². The monoisotopic (exact) mass is 394 g/mol. The van der Waals surface area contributed by atoms with E-state index in [2.05, 4.69) is 17.4 Å². The van der Waals surface area contributed by atoms with Gasteiger partial charge in [-0.25, -0.2) is 0 Å². The third kappa shape index (κ3) is 6.74. The summed E-state index contributed by atoms with van der Waals surface area (Å²) in [5, 5.41) is 2.97. The summed E-state index contributed by atoms with van der Waals surface area (Å²) in [6, 6.07) is 13.9. The van der Waals surface area contributed by atoms with Gasteiger partial charge in [-0.2, -0.15) is 0 Å². The highest BCUT2D eigenvalue weighted by molar-refractivity contribution is 5.88. The van der Waals surface area contributed by atoms with Crippen LogP contribution in [0.4, 0.5) is 0 Å². The van der Waals surface area contributed by atoms with Crippen LogP contribution in [-0.2, 0) is 22.6 Å². The van der Waals surface area contributed by atoms with E-state index in [0.29, 0.717) is 25.9 Å². The molecule has 0 aliphatic carbocycles. The van der Waals surface area contributed by atoms with Gasteiger partial charge in [0.15, 0.2) is 0 Å². The molecular formula is C25H34N2O2. The van der Waals surface area contributed by atoms with E-state index >= 15 is 0 Å². The first-order valence-electron chi connectivity index (χ1n) is 10.5. The standard InChI is InChI=1S/C25H34N2O2/c1-6-11-26-25(29)23(7-2)27(17-21-10-8-9-18(3)13-21)24(28)16-22-14-19(4)12-20(5)15-22/h8-10,12-15,23H,6-7,11,16-17H2,1-5H3,(H,26,29). The van der Waals surface area contributed by atoms with Crippen LogP contribution >= 0.6 is 0 Å². The van der Waals surface area contributed by atoms with Crippen molar-refractivity contribution < 1.29 is 9.59 Å². The largest absolute Gasteiger partial charge is 0.354 e. The van der Waals surface area contributed by atoms with E-state index in [1.165, 1.54) is 0 Å². The van der Waals surface area contributed by atoms with Crippen LogP contribution in [0.1, 0.15) is 54.5 Å². The Balaban J connectivity index is 2.30. The minimum Gasteiger partial charge on any atom is -0.354 e. The molecule has 0 spiro atoms. The predicted octanol–water partition coefficient (Wildman–Crippen LogP) is 4.49. The molecule has 0 saturated carbocycles. The summed E-state index contributed by atoms with van der Waals surface area (Å²) >= 11 is 0. The molecule has 0 fully saturated rings. The highest BCUT2D eigenvalue weighted by Crippen LogP contribution is 2.17. The summed E-state index contributed by atoms with van der Waals surface area (Å²) in [5.74, 6) is -0.0919. The molecule has 0 aliphatic rings. The number of carbonyl (C=O) groups excluding carboxylic acids is 2. The molecule has 2 amide bonds. The van der Waals surface area contributed by atoms with Gasteiger partial charge < -0.3 is 10.2 Å². The van der Waals surface area contributed by atoms with Crippen LogP contribution in [0, 0.1) is 20.8 Å². The molecule has 2 aromatic carbocycles. The van der Waals surface area contributed by atoms with Gasteiger partial charge >= 0.3 is 0 Å². The lowest BCUT2D eigenvalue weighted by atomic mass is 10.0. The highest BCUT2D eigenvalue weighted by atomic mass is 16.2. The summed E-state index contributed by atoms with van der Waals surface area (Å²) in [6.45, 7) is 11.2. The van der Waals surface area contributed by atoms with Crippen molar-refractivity contribution in [2.24, 2.45) is 0 Å². The minimum absolute atomic E-state index is 0.0185. The molecule has 2 aromatic rings. The van der Waals surface area contributed by atoms with E-state index in [-0.39, 0.29) is 11.8 Å². The molecule has 0 radical (unpaired) electrons. The van der Waals surface area contributed by atoms with Crippen LogP contribution in [0.3, 0.4) is 0 Å². The lowest BCUT2D eigenvalue weighted by Crippen LogP contribution is -2.49. The van der Waals surface area contributed by atoms with E-state index in [1.807, 2.05) is 65.0 Å². The Labute approximate surface area is 175 Å². The van der Waals surface area contributed by atoms with Gasteiger partial charge in [0.2, 0.25) is 11.8 Å². The number of nitrogens with one attached hydrogen (secondary N) is 1. The third-order valence-corrected chi connectivity index (χ3v) is 5.01. The summed E-state index contributed by atoms with van der Waals surface area (Å²) in [4.78, 5) is 27.9. The zero-order valence-electron chi connectivity index (χ0n) is 18.4. The van der Waals surface area contributed by atoms with Crippen molar-refractivity contribution in [2.75, 3.05) is 6.54 Å². The number of amides is 2. The molecule has 0 heterocycles. The second-order valence-electron chi connectivity index (χ2n) is 7.90. The van der Waals surface area contributed by atoms with E-state index < -0.39 is 6.04 Å². The van der Waals surface area contributed by atoms with Gasteiger partial charge in [-0.1, -0.05) is 73.0 Å². The van der Waals surface area contributed by atoms with Crippen molar-refractivity contribution in [3.05, 3.63) is 70.3 Å². The third-order valence-electron chi connectivity index (χ3n) is 5.01. The van der Waals surface area contributed by atoms with Gasteiger partial charge in [-0.05, 0) is 44.7 Å². The maximum atomic E-state index is 13.3. The number of rotatable bonds is 9. The second-order valence-corrected chi connectivity index (χ2v) is 7.90. The Morgan fingerprint density at radius 3 is 2.17 bits per heavy atom. The SMILES string of the molecule is CCCNC(=O)C(CC)N(Cc1cccc(C)c1)C(=O)Cc1cc(C)cc(C)c1. The van der Waals surface area contributed by atoms with Gasteiger partial charge in [0, 0.05) is 13.1 Å².